The first kappa shape index (κ1) is 16.3. The van der Waals surface area contributed by atoms with Crippen molar-refractivity contribution in [2.75, 3.05) is 12.1 Å². The van der Waals surface area contributed by atoms with Crippen LogP contribution in [0.25, 0.3) is 0 Å². The number of benzene rings is 1. The molecule has 3 rings (SSSR count). The molecule has 2 amide bonds. The largest absolute Gasteiger partial charge is 0.454 e. The monoisotopic (exact) mass is 394 g/mol. The van der Waals surface area contributed by atoms with Crippen LogP contribution >= 0.6 is 15.9 Å². The molecule has 1 aliphatic heterocycles. The van der Waals surface area contributed by atoms with Crippen LogP contribution in [-0.4, -0.2) is 28.8 Å². The van der Waals surface area contributed by atoms with E-state index in [9.17, 15) is 9.59 Å². The molecule has 1 aromatic carbocycles. The Morgan fingerprint density at radius 2 is 2.00 bits per heavy atom. The van der Waals surface area contributed by atoms with Gasteiger partial charge in [0.15, 0.2) is 17.2 Å². The average Bonchev–Trinajstić information content (AvgIpc) is 3.12. The number of primary amides is 1. The average molecular weight is 395 g/mol. The van der Waals surface area contributed by atoms with E-state index in [4.69, 9.17) is 15.2 Å². The Morgan fingerprint density at radius 3 is 2.62 bits per heavy atom. The van der Waals surface area contributed by atoms with Crippen molar-refractivity contribution in [3.8, 4) is 11.5 Å². The quantitative estimate of drug-likeness (QED) is 0.735. The number of hydrogen-bond acceptors (Lipinski definition) is 5. The van der Waals surface area contributed by atoms with Crippen LogP contribution in [-0.2, 0) is 0 Å². The van der Waals surface area contributed by atoms with Crippen LogP contribution in [0.1, 0.15) is 46.3 Å². The van der Waals surface area contributed by atoms with Crippen molar-refractivity contribution in [2.24, 2.45) is 5.73 Å². The molecule has 2 aromatic rings. The van der Waals surface area contributed by atoms with Gasteiger partial charge in [-0.05, 0) is 34.0 Å². The Bertz CT molecular complexity index is 831. The van der Waals surface area contributed by atoms with Crippen molar-refractivity contribution >= 4 is 33.4 Å². The van der Waals surface area contributed by atoms with E-state index in [1.165, 1.54) is 0 Å². The molecule has 8 nitrogen and oxygen atoms in total. The first-order valence-electron chi connectivity index (χ1n) is 7.17. The second-order valence-electron chi connectivity index (χ2n) is 5.52. The summed E-state index contributed by atoms with van der Waals surface area (Å²) in [4.78, 5) is 24.2. The van der Waals surface area contributed by atoms with Gasteiger partial charge in [-0.2, -0.15) is 5.10 Å². The number of amides is 2. The number of H-pyrrole nitrogens is 1. The van der Waals surface area contributed by atoms with E-state index in [0.29, 0.717) is 27.2 Å². The Morgan fingerprint density at radius 1 is 1.33 bits per heavy atom. The number of carbonyl (C=O) groups is 2. The number of nitrogens with one attached hydrogen (secondary N) is 2. The summed E-state index contributed by atoms with van der Waals surface area (Å²) in [6, 6.07) is 3.23. The van der Waals surface area contributed by atoms with Gasteiger partial charge in [-0.1, -0.05) is 13.8 Å². The van der Waals surface area contributed by atoms with Crippen LogP contribution in [0.2, 0.25) is 0 Å². The van der Waals surface area contributed by atoms with E-state index in [-0.39, 0.29) is 24.1 Å². The minimum absolute atomic E-state index is 0.0103. The van der Waals surface area contributed by atoms with Crippen molar-refractivity contribution in [1.82, 2.24) is 10.2 Å². The molecule has 0 spiro atoms. The van der Waals surface area contributed by atoms with Crippen molar-refractivity contribution < 1.29 is 19.1 Å². The Kier molecular flexibility index (Phi) is 4.18. The van der Waals surface area contributed by atoms with E-state index >= 15 is 0 Å². The van der Waals surface area contributed by atoms with Crippen LogP contribution in [0.5, 0.6) is 11.5 Å². The number of aromatic amines is 1. The van der Waals surface area contributed by atoms with Gasteiger partial charge in [0.2, 0.25) is 6.79 Å². The highest BCUT2D eigenvalue weighted by Crippen LogP contribution is 2.37. The van der Waals surface area contributed by atoms with Gasteiger partial charge in [0.05, 0.1) is 16.9 Å². The van der Waals surface area contributed by atoms with Crippen LogP contribution in [0.3, 0.4) is 0 Å². The van der Waals surface area contributed by atoms with Crippen molar-refractivity contribution in [3.05, 3.63) is 33.6 Å². The lowest BCUT2D eigenvalue weighted by molar-refractivity contribution is 0.0996. The summed E-state index contributed by atoms with van der Waals surface area (Å²) in [6.07, 6.45) is 0. The van der Waals surface area contributed by atoms with Crippen molar-refractivity contribution in [3.63, 3.8) is 0 Å². The summed E-state index contributed by atoms with van der Waals surface area (Å²) >= 11 is 3.34. The molecular weight excluding hydrogens is 380 g/mol. The molecule has 0 radical (unpaired) electrons. The standard InChI is InChI=1S/C15H15BrN4O4/c1-6(2)11-12(13(14(17)21)20-19-11)18-15(22)7-3-9-10(4-8(7)16)24-5-23-9/h3-4,6H,5H2,1-2H3,(H2,17,21)(H,18,22)(H,19,20). The summed E-state index contributed by atoms with van der Waals surface area (Å²) in [5.74, 6) is -0.0950. The molecule has 0 aliphatic carbocycles. The van der Waals surface area contributed by atoms with Crippen LogP contribution in [0, 0.1) is 0 Å². The molecule has 2 heterocycles. The fourth-order valence-corrected chi connectivity index (χ4v) is 2.85. The number of hydrogen-bond donors (Lipinski definition) is 3. The summed E-state index contributed by atoms with van der Waals surface area (Å²) < 4.78 is 11.1. The second-order valence-corrected chi connectivity index (χ2v) is 6.37. The third-order valence-corrected chi connectivity index (χ3v) is 4.21. The number of rotatable bonds is 4. The molecular formula is C15H15BrN4O4. The van der Waals surface area contributed by atoms with Crippen molar-refractivity contribution in [2.45, 2.75) is 19.8 Å². The van der Waals surface area contributed by atoms with E-state index in [2.05, 4.69) is 31.4 Å². The topological polar surface area (TPSA) is 119 Å². The van der Waals surface area contributed by atoms with Gasteiger partial charge in [-0.25, -0.2) is 0 Å². The predicted octanol–water partition coefficient (Wildman–Crippen LogP) is 2.38. The molecule has 0 bridgehead atoms. The first-order valence-corrected chi connectivity index (χ1v) is 7.96. The number of anilines is 1. The summed E-state index contributed by atoms with van der Waals surface area (Å²) in [7, 11) is 0. The van der Waals surface area contributed by atoms with Gasteiger partial charge < -0.3 is 20.5 Å². The fourth-order valence-electron chi connectivity index (χ4n) is 2.35. The molecule has 126 valence electrons. The lowest BCUT2D eigenvalue weighted by Gasteiger charge is -2.11. The lowest BCUT2D eigenvalue weighted by Crippen LogP contribution is -2.19. The summed E-state index contributed by atoms with van der Waals surface area (Å²) in [6.45, 7) is 3.92. The van der Waals surface area contributed by atoms with Crippen LogP contribution in [0.4, 0.5) is 5.69 Å². The zero-order chi connectivity index (χ0) is 17.4. The third kappa shape index (κ3) is 2.82. The maximum atomic E-state index is 12.7. The van der Waals surface area contributed by atoms with Gasteiger partial charge in [0.1, 0.15) is 0 Å². The first-order chi connectivity index (χ1) is 11.4. The Labute approximate surface area is 145 Å². The fraction of sp³-hybridized carbons (Fsp3) is 0.267. The van der Waals surface area contributed by atoms with Gasteiger partial charge in [0, 0.05) is 4.47 Å². The Hall–Kier alpha value is -2.55. The molecule has 0 saturated carbocycles. The highest BCUT2D eigenvalue weighted by atomic mass is 79.9. The van der Waals surface area contributed by atoms with Crippen LogP contribution < -0.4 is 20.5 Å². The van der Waals surface area contributed by atoms with Gasteiger partial charge in [0.25, 0.3) is 11.8 Å². The smallest absolute Gasteiger partial charge is 0.271 e. The molecule has 0 atom stereocenters. The minimum Gasteiger partial charge on any atom is -0.454 e. The predicted molar refractivity (Wildman–Crippen MR) is 89.4 cm³/mol. The third-order valence-electron chi connectivity index (χ3n) is 3.55. The number of carbonyl (C=O) groups excluding carboxylic acids is 2. The Balaban J connectivity index is 1.96. The zero-order valence-electron chi connectivity index (χ0n) is 13.0. The van der Waals surface area contributed by atoms with Gasteiger partial charge in [-0.3, -0.25) is 14.7 Å². The van der Waals surface area contributed by atoms with E-state index in [1.54, 1.807) is 12.1 Å². The van der Waals surface area contributed by atoms with E-state index in [0.717, 1.165) is 0 Å². The number of nitrogens with two attached hydrogens (primary N) is 1. The normalized spacial score (nSPS) is 12.5. The molecule has 4 N–H and O–H groups in total. The maximum Gasteiger partial charge on any atom is 0.271 e. The minimum atomic E-state index is -0.724. The number of nitrogens with zero attached hydrogens (tertiary/aromatic N) is 1. The molecule has 9 heteroatoms. The summed E-state index contributed by atoms with van der Waals surface area (Å²) in [5.41, 5.74) is 6.56. The molecule has 0 fully saturated rings. The number of aromatic nitrogens is 2. The highest BCUT2D eigenvalue weighted by Gasteiger charge is 2.24. The van der Waals surface area contributed by atoms with Gasteiger partial charge >= 0.3 is 0 Å². The number of fused-ring (bicyclic) bond motifs is 1. The highest BCUT2D eigenvalue weighted by molar-refractivity contribution is 9.10. The van der Waals surface area contributed by atoms with Crippen LogP contribution in [0.15, 0.2) is 16.6 Å². The SMILES string of the molecule is CC(C)c1[nH]nc(C(N)=O)c1NC(=O)c1cc2c(cc1Br)OCO2. The summed E-state index contributed by atoms with van der Waals surface area (Å²) in [5, 5.41) is 9.35. The number of ether oxygens (including phenoxy) is 2. The molecule has 0 saturated heterocycles. The van der Waals surface area contributed by atoms with E-state index < -0.39 is 11.8 Å². The molecule has 1 aromatic heterocycles. The maximum absolute atomic E-state index is 12.7. The second kappa shape index (κ2) is 6.16. The molecule has 1 aliphatic rings. The zero-order valence-corrected chi connectivity index (χ0v) is 14.6. The van der Waals surface area contributed by atoms with Gasteiger partial charge in [-0.15, -0.1) is 0 Å². The van der Waals surface area contributed by atoms with E-state index in [1.807, 2.05) is 13.8 Å². The lowest BCUT2D eigenvalue weighted by atomic mass is 10.1. The molecule has 24 heavy (non-hydrogen) atoms. The number of halogens is 1. The van der Waals surface area contributed by atoms with Crippen molar-refractivity contribution in [1.29, 1.82) is 0 Å². The molecule has 0 unspecified atom stereocenters.